The number of halogens is 4. The summed E-state index contributed by atoms with van der Waals surface area (Å²) in [5.41, 5.74) is 0. The van der Waals surface area contributed by atoms with E-state index in [4.69, 9.17) is 0 Å². The lowest BCUT2D eigenvalue weighted by Crippen LogP contribution is -2.21. The SMILES string of the molecule is Fc1cccc2c1OC(C(F)(F)F)=CO2. The van der Waals surface area contributed by atoms with Crippen LogP contribution in [0, 0.1) is 5.82 Å². The minimum Gasteiger partial charge on any atom is -0.457 e. The molecule has 0 saturated carbocycles. The molecule has 0 spiro atoms. The average molecular weight is 220 g/mol. The molecule has 0 aliphatic carbocycles. The minimum atomic E-state index is -4.69. The van der Waals surface area contributed by atoms with Crippen molar-refractivity contribution in [3.63, 3.8) is 0 Å². The Labute approximate surface area is 81.7 Å². The Morgan fingerprint density at radius 1 is 1.13 bits per heavy atom. The van der Waals surface area contributed by atoms with Crippen LogP contribution >= 0.6 is 0 Å². The first-order valence-corrected chi connectivity index (χ1v) is 3.89. The van der Waals surface area contributed by atoms with E-state index in [1.165, 1.54) is 12.1 Å². The molecule has 0 radical (unpaired) electrons. The highest BCUT2D eigenvalue weighted by atomic mass is 19.4. The normalized spacial score (nSPS) is 14.8. The van der Waals surface area contributed by atoms with Crippen molar-refractivity contribution < 1.29 is 27.0 Å². The van der Waals surface area contributed by atoms with Crippen LogP contribution in [0.4, 0.5) is 17.6 Å². The lowest BCUT2D eigenvalue weighted by molar-refractivity contribution is -0.120. The number of hydrogen-bond donors (Lipinski definition) is 0. The van der Waals surface area contributed by atoms with E-state index in [-0.39, 0.29) is 5.75 Å². The molecule has 80 valence electrons. The molecular weight excluding hydrogens is 216 g/mol. The fourth-order valence-corrected chi connectivity index (χ4v) is 1.06. The average Bonchev–Trinajstić information content (AvgIpc) is 2.16. The van der Waals surface area contributed by atoms with Crippen molar-refractivity contribution in [1.82, 2.24) is 0 Å². The van der Waals surface area contributed by atoms with E-state index in [0.717, 1.165) is 6.07 Å². The number of rotatable bonds is 0. The smallest absolute Gasteiger partial charge is 0.452 e. The zero-order chi connectivity index (χ0) is 11.1. The van der Waals surface area contributed by atoms with Gasteiger partial charge in [-0.25, -0.2) is 4.39 Å². The van der Waals surface area contributed by atoms with Crippen LogP contribution in [0.3, 0.4) is 0 Å². The number of hydrogen-bond acceptors (Lipinski definition) is 2. The second-order valence-electron chi connectivity index (χ2n) is 2.77. The third-order valence-corrected chi connectivity index (χ3v) is 1.72. The van der Waals surface area contributed by atoms with Crippen molar-refractivity contribution in [2.75, 3.05) is 0 Å². The van der Waals surface area contributed by atoms with Crippen LogP contribution in [-0.2, 0) is 0 Å². The van der Waals surface area contributed by atoms with Crippen molar-refractivity contribution in [1.29, 1.82) is 0 Å². The van der Waals surface area contributed by atoms with E-state index in [0.29, 0.717) is 6.26 Å². The predicted molar refractivity (Wildman–Crippen MR) is 41.8 cm³/mol. The highest BCUT2D eigenvalue weighted by Gasteiger charge is 2.39. The van der Waals surface area contributed by atoms with Gasteiger partial charge in [0, 0.05) is 0 Å². The summed E-state index contributed by atoms with van der Waals surface area (Å²) in [6.45, 7) is 0. The zero-order valence-electron chi connectivity index (χ0n) is 7.14. The van der Waals surface area contributed by atoms with Gasteiger partial charge in [-0.05, 0) is 12.1 Å². The van der Waals surface area contributed by atoms with Crippen molar-refractivity contribution in [3.8, 4) is 11.5 Å². The van der Waals surface area contributed by atoms with Gasteiger partial charge in [0.2, 0.25) is 11.5 Å². The second kappa shape index (κ2) is 3.15. The van der Waals surface area contributed by atoms with Crippen molar-refractivity contribution in [3.05, 3.63) is 36.0 Å². The van der Waals surface area contributed by atoms with E-state index in [1.807, 2.05) is 0 Å². The Bertz CT molecular complexity index is 423. The Morgan fingerprint density at radius 3 is 2.53 bits per heavy atom. The van der Waals surface area contributed by atoms with Crippen LogP contribution in [0.1, 0.15) is 0 Å². The Balaban J connectivity index is 2.37. The van der Waals surface area contributed by atoms with Crippen LogP contribution in [0.2, 0.25) is 0 Å². The molecule has 0 aromatic heterocycles. The first-order chi connectivity index (χ1) is 6.98. The summed E-state index contributed by atoms with van der Waals surface area (Å²) in [7, 11) is 0. The Kier molecular flexibility index (Phi) is 2.06. The molecule has 2 rings (SSSR count). The third-order valence-electron chi connectivity index (χ3n) is 1.72. The van der Waals surface area contributed by atoms with Gasteiger partial charge in [0.25, 0.3) is 0 Å². The summed E-state index contributed by atoms with van der Waals surface area (Å²) < 4.78 is 58.5. The van der Waals surface area contributed by atoms with Gasteiger partial charge in [0.1, 0.15) is 6.26 Å². The largest absolute Gasteiger partial charge is 0.457 e. The number of fused-ring (bicyclic) bond motifs is 1. The molecule has 15 heavy (non-hydrogen) atoms. The van der Waals surface area contributed by atoms with Gasteiger partial charge in [-0.3, -0.25) is 0 Å². The maximum absolute atomic E-state index is 13.0. The summed E-state index contributed by atoms with van der Waals surface area (Å²) in [5, 5.41) is 0. The molecule has 0 atom stereocenters. The molecule has 0 bridgehead atoms. The molecule has 1 aliphatic heterocycles. The number of alkyl halides is 3. The van der Waals surface area contributed by atoms with E-state index in [9.17, 15) is 17.6 Å². The maximum atomic E-state index is 13.0. The molecule has 1 heterocycles. The van der Waals surface area contributed by atoms with Crippen LogP contribution < -0.4 is 9.47 Å². The van der Waals surface area contributed by atoms with Crippen molar-refractivity contribution in [2.24, 2.45) is 0 Å². The van der Waals surface area contributed by atoms with Gasteiger partial charge in [-0.15, -0.1) is 0 Å². The molecule has 0 fully saturated rings. The molecule has 1 aromatic rings. The number of benzene rings is 1. The van der Waals surface area contributed by atoms with Crippen LogP contribution in [0.5, 0.6) is 11.5 Å². The van der Waals surface area contributed by atoms with Crippen LogP contribution in [0.25, 0.3) is 0 Å². The minimum absolute atomic E-state index is 0.0806. The summed E-state index contributed by atoms with van der Waals surface area (Å²) in [6, 6.07) is 3.60. The van der Waals surface area contributed by atoms with Gasteiger partial charge in [-0.1, -0.05) is 6.07 Å². The quantitative estimate of drug-likeness (QED) is 0.625. The topological polar surface area (TPSA) is 18.5 Å². The molecule has 6 heteroatoms. The van der Waals surface area contributed by atoms with Gasteiger partial charge >= 0.3 is 6.18 Å². The molecule has 0 unspecified atom stereocenters. The molecule has 2 nitrogen and oxygen atoms in total. The highest BCUT2D eigenvalue weighted by Crippen LogP contribution is 2.39. The van der Waals surface area contributed by atoms with E-state index in [1.54, 1.807) is 0 Å². The monoisotopic (exact) mass is 220 g/mol. The lowest BCUT2D eigenvalue weighted by Gasteiger charge is -2.19. The van der Waals surface area contributed by atoms with Crippen molar-refractivity contribution in [2.45, 2.75) is 6.18 Å². The molecule has 0 amide bonds. The van der Waals surface area contributed by atoms with Crippen LogP contribution in [-0.4, -0.2) is 6.18 Å². The molecular formula is C9H4F4O2. The Morgan fingerprint density at radius 2 is 1.87 bits per heavy atom. The van der Waals surface area contributed by atoms with E-state index < -0.39 is 23.5 Å². The summed E-state index contributed by atoms with van der Waals surface area (Å²) in [5.74, 6) is -2.90. The third kappa shape index (κ3) is 1.74. The number of allylic oxidation sites excluding steroid dienone is 1. The number of ether oxygens (including phenoxy) is 2. The molecule has 0 saturated heterocycles. The second-order valence-corrected chi connectivity index (χ2v) is 2.77. The first kappa shape index (κ1) is 9.82. The van der Waals surface area contributed by atoms with Gasteiger partial charge in [-0.2, -0.15) is 13.2 Å². The zero-order valence-corrected chi connectivity index (χ0v) is 7.14. The highest BCUT2D eigenvalue weighted by molar-refractivity contribution is 5.44. The van der Waals surface area contributed by atoms with E-state index in [2.05, 4.69) is 9.47 Å². The van der Waals surface area contributed by atoms with Crippen molar-refractivity contribution >= 4 is 0 Å². The predicted octanol–water partition coefficient (Wildman–Crippen LogP) is 3.00. The first-order valence-electron chi connectivity index (χ1n) is 3.89. The van der Waals surface area contributed by atoms with Gasteiger partial charge in [0.15, 0.2) is 11.6 Å². The number of para-hydroxylation sites is 1. The summed E-state index contributed by atoms with van der Waals surface area (Å²) in [4.78, 5) is 0. The molecule has 1 aromatic carbocycles. The Hall–Kier alpha value is -1.72. The summed E-state index contributed by atoms with van der Waals surface area (Å²) in [6.07, 6.45) is -4.29. The fraction of sp³-hybridized carbons (Fsp3) is 0.111. The fourth-order valence-electron chi connectivity index (χ4n) is 1.06. The van der Waals surface area contributed by atoms with Gasteiger partial charge < -0.3 is 9.47 Å². The lowest BCUT2D eigenvalue weighted by atomic mass is 10.3. The van der Waals surface area contributed by atoms with E-state index >= 15 is 0 Å². The summed E-state index contributed by atoms with van der Waals surface area (Å²) >= 11 is 0. The standard InChI is InChI=1S/C9H4F4O2/c10-5-2-1-3-6-8(5)15-7(4-14-6)9(11,12)13/h1-4H. The maximum Gasteiger partial charge on any atom is 0.452 e. The molecule has 1 aliphatic rings. The van der Waals surface area contributed by atoms with Gasteiger partial charge in [0.05, 0.1) is 0 Å². The molecule has 0 N–H and O–H groups in total. The van der Waals surface area contributed by atoms with Crippen LogP contribution in [0.15, 0.2) is 30.2 Å².